The Hall–Kier alpha value is -2.29. The van der Waals surface area contributed by atoms with Gasteiger partial charge in [0.15, 0.2) is 0 Å². The summed E-state index contributed by atoms with van der Waals surface area (Å²) in [5.74, 6) is -0.408. The average molecular weight is 420 g/mol. The van der Waals surface area contributed by atoms with Gasteiger partial charge in [0.05, 0.1) is 11.4 Å². The van der Waals surface area contributed by atoms with Gasteiger partial charge in [0.25, 0.3) is 0 Å². The molecule has 29 heavy (non-hydrogen) atoms. The number of benzene rings is 2. The van der Waals surface area contributed by atoms with Crippen molar-refractivity contribution in [2.45, 2.75) is 24.8 Å². The summed E-state index contributed by atoms with van der Waals surface area (Å²) in [4.78, 5) is 14.4. The Bertz CT molecular complexity index is 955. The molecule has 1 aliphatic rings. The Balaban J connectivity index is 1.52. The van der Waals surface area contributed by atoms with E-state index in [0.29, 0.717) is 13.1 Å². The molecular formula is C21H26FN3O3S. The van der Waals surface area contributed by atoms with E-state index in [4.69, 9.17) is 0 Å². The molecule has 0 aliphatic carbocycles. The third kappa shape index (κ3) is 5.20. The van der Waals surface area contributed by atoms with Crippen molar-refractivity contribution < 1.29 is 17.6 Å². The number of hydrogen-bond acceptors (Lipinski definition) is 4. The molecule has 8 heteroatoms. The van der Waals surface area contributed by atoms with Crippen LogP contribution in [-0.2, 0) is 14.8 Å². The lowest BCUT2D eigenvalue weighted by atomic mass is 10.1. The van der Waals surface area contributed by atoms with Crippen molar-refractivity contribution in [1.29, 1.82) is 0 Å². The maximum absolute atomic E-state index is 13.3. The highest BCUT2D eigenvalue weighted by Gasteiger charge is 2.30. The fourth-order valence-corrected chi connectivity index (χ4v) is 4.71. The molecule has 3 rings (SSSR count). The van der Waals surface area contributed by atoms with Crippen LogP contribution < -0.4 is 5.32 Å². The van der Waals surface area contributed by atoms with Crippen LogP contribution in [0.5, 0.6) is 0 Å². The van der Waals surface area contributed by atoms with E-state index in [-0.39, 0.29) is 42.3 Å². The Morgan fingerprint density at radius 3 is 2.38 bits per heavy atom. The molecule has 1 heterocycles. The Labute approximate surface area is 171 Å². The second-order valence-corrected chi connectivity index (χ2v) is 9.19. The first-order valence-corrected chi connectivity index (χ1v) is 11.0. The maximum Gasteiger partial charge on any atom is 0.243 e. The highest BCUT2D eigenvalue weighted by molar-refractivity contribution is 7.89. The van der Waals surface area contributed by atoms with Crippen LogP contribution in [0.15, 0.2) is 53.4 Å². The molecule has 6 nitrogen and oxygen atoms in total. The third-order valence-corrected chi connectivity index (χ3v) is 7.07. The fourth-order valence-electron chi connectivity index (χ4n) is 3.28. The van der Waals surface area contributed by atoms with E-state index in [1.807, 2.05) is 13.8 Å². The summed E-state index contributed by atoms with van der Waals surface area (Å²) in [5, 5.41) is 3.11. The molecule has 1 saturated heterocycles. The number of nitrogens with zero attached hydrogens (tertiary/aromatic N) is 2. The number of amides is 1. The number of sulfonamides is 1. The van der Waals surface area contributed by atoms with E-state index in [1.54, 1.807) is 41.3 Å². The van der Waals surface area contributed by atoms with Gasteiger partial charge < -0.3 is 10.2 Å². The van der Waals surface area contributed by atoms with Gasteiger partial charge in [-0.3, -0.25) is 4.79 Å². The van der Waals surface area contributed by atoms with Crippen molar-refractivity contribution in [3.63, 3.8) is 0 Å². The van der Waals surface area contributed by atoms with Gasteiger partial charge in [-0.1, -0.05) is 29.8 Å². The number of hydrogen-bond donors (Lipinski definition) is 1. The molecule has 0 spiro atoms. The molecule has 2 aromatic rings. The van der Waals surface area contributed by atoms with Gasteiger partial charge in [0.1, 0.15) is 5.82 Å². The average Bonchev–Trinajstić information content (AvgIpc) is 2.72. The lowest BCUT2D eigenvalue weighted by Crippen LogP contribution is -2.52. The van der Waals surface area contributed by atoms with Crippen LogP contribution in [0.4, 0.5) is 4.39 Å². The molecule has 1 N–H and O–H groups in total. The fraction of sp³-hybridized carbons (Fsp3) is 0.381. The number of aryl methyl sites for hydroxylation is 1. The first kappa shape index (κ1) is 21.4. The lowest BCUT2D eigenvalue weighted by Gasteiger charge is -2.34. The molecule has 0 bridgehead atoms. The largest absolute Gasteiger partial charge is 0.339 e. The zero-order valence-corrected chi connectivity index (χ0v) is 17.5. The van der Waals surface area contributed by atoms with Crippen LogP contribution in [-0.4, -0.2) is 56.3 Å². The molecule has 0 saturated carbocycles. The van der Waals surface area contributed by atoms with Gasteiger partial charge in [0, 0.05) is 32.2 Å². The van der Waals surface area contributed by atoms with E-state index in [9.17, 15) is 17.6 Å². The summed E-state index contributed by atoms with van der Waals surface area (Å²) in [6.45, 7) is 5.11. The Kier molecular flexibility index (Phi) is 6.66. The normalized spacial score (nSPS) is 16.6. The van der Waals surface area contributed by atoms with Gasteiger partial charge in [-0.2, -0.15) is 4.31 Å². The minimum atomic E-state index is -3.55. The second kappa shape index (κ2) is 9.02. The van der Waals surface area contributed by atoms with Gasteiger partial charge in [-0.25, -0.2) is 12.8 Å². The third-order valence-electron chi connectivity index (χ3n) is 5.16. The predicted octanol–water partition coefficient (Wildman–Crippen LogP) is 2.32. The number of rotatable bonds is 6. The summed E-state index contributed by atoms with van der Waals surface area (Å²) >= 11 is 0. The summed E-state index contributed by atoms with van der Waals surface area (Å²) in [6, 6.07) is 12.9. The van der Waals surface area contributed by atoms with Crippen molar-refractivity contribution in [1.82, 2.24) is 14.5 Å². The maximum atomic E-state index is 13.3. The zero-order chi connectivity index (χ0) is 21.0. The molecule has 1 amide bonds. The first-order chi connectivity index (χ1) is 13.8. The Morgan fingerprint density at radius 2 is 1.76 bits per heavy atom. The first-order valence-electron chi connectivity index (χ1n) is 9.61. The highest BCUT2D eigenvalue weighted by Crippen LogP contribution is 2.18. The van der Waals surface area contributed by atoms with Gasteiger partial charge in [-0.05, 0) is 43.7 Å². The van der Waals surface area contributed by atoms with E-state index >= 15 is 0 Å². The molecule has 1 aliphatic heterocycles. The van der Waals surface area contributed by atoms with E-state index in [0.717, 1.165) is 11.1 Å². The molecule has 0 aromatic heterocycles. The Morgan fingerprint density at radius 1 is 1.10 bits per heavy atom. The number of nitrogens with one attached hydrogen (secondary N) is 1. The standard InChI is InChI=1S/C21H26FN3O3S/c1-16-6-8-20(9-7-16)29(27,28)25-12-10-24(11-13-25)21(26)15-23-17(2)18-4-3-5-19(22)14-18/h3-9,14,17,23H,10-13,15H2,1-2H3. The molecule has 2 aromatic carbocycles. The van der Waals surface area contributed by atoms with Crippen LogP contribution in [0.2, 0.25) is 0 Å². The molecule has 156 valence electrons. The van der Waals surface area contributed by atoms with Crippen LogP contribution in [0.3, 0.4) is 0 Å². The topological polar surface area (TPSA) is 69.7 Å². The highest BCUT2D eigenvalue weighted by atomic mass is 32.2. The monoisotopic (exact) mass is 419 g/mol. The van der Waals surface area contributed by atoms with Crippen molar-refractivity contribution in [3.05, 3.63) is 65.5 Å². The summed E-state index contributed by atoms with van der Waals surface area (Å²) < 4.78 is 40.3. The summed E-state index contributed by atoms with van der Waals surface area (Å²) in [5.41, 5.74) is 1.77. The van der Waals surface area contributed by atoms with Crippen molar-refractivity contribution in [2.24, 2.45) is 0 Å². The number of piperazine rings is 1. The van der Waals surface area contributed by atoms with E-state index < -0.39 is 10.0 Å². The molecule has 1 fully saturated rings. The SMILES string of the molecule is Cc1ccc(S(=O)(=O)N2CCN(C(=O)CNC(C)c3cccc(F)c3)CC2)cc1. The molecule has 0 radical (unpaired) electrons. The zero-order valence-electron chi connectivity index (χ0n) is 16.6. The predicted molar refractivity (Wildman–Crippen MR) is 109 cm³/mol. The number of halogens is 1. The van der Waals surface area contributed by atoms with Gasteiger partial charge in [-0.15, -0.1) is 0 Å². The minimum absolute atomic E-state index is 0.0966. The van der Waals surface area contributed by atoms with Crippen molar-refractivity contribution in [2.75, 3.05) is 32.7 Å². The summed E-state index contributed by atoms with van der Waals surface area (Å²) in [6.07, 6.45) is 0. The summed E-state index contributed by atoms with van der Waals surface area (Å²) in [7, 11) is -3.55. The number of carbonyl (C=O) groups is 1. The second-order valence-electron chi connectivity index (χ2n) is 7.26. The number of carbonyl (C=O) groups excluding carboxylic acids is 1. The lowest BCUT2D eigenvalue weighted by molar-refractivity contribution is -0.131. The molecule has 1 unspecified atom stereocenters. The van der Waals surface area contributed by atoms with Crippen molar-refractivity contribution >= 4 is 15.9 Å². The van der Waals surface area contributed by atoms with E-state index in [2.05, 4.69) is 5.32 Å². The molecule has 1 atom stereocenters. The van der Waals surface area contributed by atoms with Crippen LogP contribution in [0.1, 0.15) is 24.1 Å². The van der Waals surface area contributed by atoms with Crippen molar-refractivity contribution in [3.8, 4) is 0 Å². The van der Waals surface area contributed by atoms with Gasteiger partial charge >= 0.3 is 0 Å². The van der Waals surface area contributed by atoms with Crippen LogP contribution >= 0.6 is 0 Å². The van der Waals surface area contributed by atoms with Gasteiger partial charge in [0.2, 0.25) is 15.9 Å². The smallest absolute Gasteiger partial charge is 0.243 e. The minimum Gasteiger partial charge on any atom is -0.339 e. The molecular weight excluding hydrogens is 393 g/mol. The van der Waals surface area contributed by atoms with Crippen LogP contribution in [0, 0.1) is 12.7 Å². The van der Waals surface area contributed by atoms with E-state index in [1.165, 1.54) is 16.4 Å². The quantitative estimate of drug-likeness (QED) is 0.780. The van der Waals surface area contributed by atoms with Crippen LogP contribution in [0.25, 0.3) is 0 Å².